The molecule has 0 aliphatic carbocycles. The largest absolute Gasteiger partial charge is 0.497 e. The molecule has 4 nitrogen and oxygen atoms in total. The first-order valence-corrected chi connectivity index (χ1v) is 5.99. The zero-order chi connectivity index (χ0) is 13.8. The number of ether oxygens (including phenoxy) is 1. The van der Waals surface area contributed by atoms with Crippen molar-refractivity contribution in [2.45, 2.75) is 13.5 Å². The van der Waals surface area contributed by atoms with Gasteiger partial charge in [0.15, 0.2) is 0 Å². The number of fused-ring (bicyclic) bond motifs is 1. The van der Waals surface area contributed by atoms with Gasteiger partial charge in [0, 0.05) is 17.5 Å². The normalized spacial score (nSPS) is 11.1. The van der Waals surface area contributed by atoms with Crippen LogP contribution in [0.4, 0.5) is 0 Å². The van der Waals surface area contributed by atoms with Gasteiger partial charge < -0.3 is 14.1 Å². The van der Waals surface area contributed by atoms with Crippen molar-refractivity contribution in [2.24, 2.45) is 0 Å². The molecule has 0 spiro atoms. The Labute approximate surface area is 110 Å². The molecular formula is C15H15NO3. The molecule has 2 aromatic rings. The van der Waals surface area contributed by atoms with Crippen molar-refractivity contribution in [3.63, 3.8) is 0 Å². The van der Waals surface area contributed by atoms with E-state index in [1.165, 1.54) is 10.6 Å². The number of rotatable bonds is 4. The Morgan fingerprint density at radius 2 is 2.11 bits per heavy atom. The molecule has 0 atom stereocenters. The summed E-state index contributed by atoms with van der Waals surface area (Å²) in [5.41, 5.74) is 1.35. The van der Waals surface area contributed by atoms with Crippen LogP contribution in [-0.2, 0) is 11.3 Å². The number of methoxy groups -OCH3 is 1. The van der Waals surface area contributed by atoms with Crippen LogP contribution in [0, 0.1) is 0 Å². The minimum atomic E-state index is -0.194. The third-order valence-corrected chi connectivity index (χ3v) is 2.96. The molecule has 0 radical (unpaired) electrons. The molecule has 1 aromatic carbocycles. The first-order chi connectivity index (χ1) is 9.21. The Morgan fingerprint density at radius 1 is 1.32 bits per heavy atom. The SMILES string of the molecule is C/C=C/c1cc(=O)n(CC=O)c2cc(OC)ccc12. The van der Waals surface area contributed by atoms with Crippen LogP contribution in [-0.4, -0.2) is 18.0 Å². The molecule has 0 saturated carbocycles. The van der Waals surface area contributed by atoms with Crippen LogP contribution in [0.15, 0.2) is 35.1 Å². The van der Waals surface area contributed by atoms with E-state index in [1.54, 1.807) is 13.2 Å². The summed E-state index contributed by atoms with van der Waals surface area (Å²) in [5, 5.41) is 0.917. The van der Waals surface area contributed by atoms with Crippen LogP contribution < -0.4 is 10.3 Å². The Hall–Kier alpha value is -2.36. The van der Waals surface area contributed by atoms with Gasteiger partial charge in [-0.1, -0.05) is 12.2 Å². The van der Waals surface area contributed by atoms with Crippen LogP contribution in [0.1, 0.15) is 12.5 Å². The number of nitrogens with zero attached hydrogens (tertiary/aromatic N) is 1. The molecule has 0 saturated heterocycles. The van der Waals surface area contributed by atoms with E-state index in [2.05, 4.69) is 0 Å². The topological polar surface area (TPSA) is 48.3 Å². The molecule has 0 amide bonds. The lowest BCUT2D eigenvalue weighted by molar-refractivity contribution is -0.108. The van der Waals surface area contributed by atoms with Crippen LogP contribution >= 0.6 is 0 Å². The molecule has 4 heteroatoms. The van der Waals surface area contributed by atoms with Crippen LogP contribution in [0.5, 0.6) is 5.75 Å². The van der Waals surface area contributed by atoms with Gasteiger partial charge in [-0.25, -0.2) is 0 Å². The Kier molecular flexibility index (Phi) is 3.80. The van der Waals surface area contributed by atoms with Gasteiger partial charge in [-0.15, -0.1) is 0 Å². The summed E-state index contributed by atoms with van der Waals surface area (Å²) in [6, 6.07) is 7.04. The monoisotopic (exact) mass is 257 g/mol. The number of hydrogen-bond donors (Lipinski definition) is 0. The van der Waals surface area contributed by atoms with Crippen molar-refractivity contribution >= 4 is 23.3 Å². The molecular weight excluding hydrogens is 242 g/mol. The Balaban J connectivity index is 2.86. The van der Waals surface area contributed by atoms with E-state index in [9.17, 15) is 9.59 Å². The summed E-state index contributed by atoms with van der Waals surface area (Å²) in [5.74, 6) is 0.657. The van der Waals surface area contributed by atoms with Gasteiger partial charge in [-0.2, -0.15) is 0 Å². The third kappa shape index (κ3) is 2.42. The second-order valence-electron chi connectivity index (χ2n) is 4.10. The summed E-state index contributed by atoms with van der Waals surface area (Å²) >= 11 is 0. The minimum Gasteiger partial charge on any atom is -0.497 e. The Bertz CT molecular complexity index is 698. The third-order valence-electron chi connectivity index (χ3n) is 2.96. The van der Waals surface area contributed by atoms with Gasteiger partial charge in [-0.05, 0) is 24.6 Å². The summed E-state index contributed by atoms with van der Waals surface area (Å²) < 4.78 is 6.62. The lowest BCUT2D eigenvalue weighted by Gasteiger charge is -2.11. The van der Waals surface area contributed by atoms with E-state index in [1.807, 2.05) is 31.2 Å². The van der Waals surface area contributed by atoms with Gasteiger partial charge in [0.25, 0.3) is 5.56 Å². The highest BCUT2D eigenvalue weighted by molar-refractivity contribution is 5.89. The van der Waals surface area contributed by atoms with Gasteiger partial charge in [0.05, 0.1) is 19.2 Å². The molecule has 1 heterocycles. The van der Waals surface area contributed by atoms with E-state index in [0.717, 1.165) is 17.2 Å². The Morgan fingerprint density at radius 3 is 2.74 bits per heavy atom. The van der Waals surface area contributed by atoms with Crippen molar-refractivity contribution in [1.82, 2.24) is 4.57 Å². The van der Waals surface area contributed by atoms with Crippen LogP contribution in [0.2, 0.25) is 0 Å². The minimum absolute atomic E-state index is 0.0403. The average molecular weight is 257 g/mol. The second kappa shape index (κ2) is 5.52. The average Bonchev–Trinajstić information content (AvgIpc) is 2.42. The van der Waals surface area contributed by atoms with Crippen LogP contribution in [0.3, 0.4) is 0 Å². The van der Waals surface area contributed by atoms with E-state index >= 15 is 0 Å². The highest BCUT2D eigenvalue weighted by Crippen LogP contribution is 2.23. The van der Waals surface area contributed by atoms with Gasteiger partial charge in [0.1, 0.15) is 12.0 Å². The number of pyridine rings is 1. The van der Waals surface area contributed by atoms with E-state index in [4.69, 9.17) is 4.74 Å². The molecule has 0 unspecified atom stereocenters. The molecule has 98 valence electrons. The van der Waals surface area contributed by atoms with Gasteiger partial charge >= 0.3 is 0 Å². The molecule has 0 aliphatic rings. The molecule has 0 fully saturated rings. The molecule has 0 aliphatic heterocycles. The number of allylic oxidation sites excluding steroid dienone is 1. The fourth-order valence-electron chi connectivity index (χ4n) is 2.09. The zero-order valence-corrected chi connectivity index (χ0v) is 10.9. The fourth-order valence-corrected chi connectivity index (χ4v) is 2.09. The van der Waals surface area contributed by atoms with E-state index in [-0.39, 0.29) is 12.1 Å². The lowest BCUT2D eigenvalue weighted by atomic mass is 10.1. The summed E-state index contributed by atoms with van der Waals surface area (Å²) in [4.78, 5) is 22.8. The molecule has 0 bridgehead atoms. The first kappa shape index (κ1) is 13.1. The maximum absolute atomic E-state index is 12.0. The molecule has 1 aromatic heterocycles. The maximum Gasteiger partial charge on any atom is 0.252 e. The number of aromatic nitrogens is 1. The maximum atomic E-state index is 12.0. The van der Waals surface area contributed by atoms with Gasteiger partial charge in [-0.3, -0.25) is 4.79 Å². The highest BCUT2D eigenvalue weighted by Gasteiger charge is 2.08. The number of benzene rings is 1. The van der Waals surface area contributed by atoms with Crippen molar-refractivity contribution < 1.29 is 9.53 Å². The predicted octanol–water partition coefficient (Wildman–Crippen LogP) is 2.24. The van der Waals surface area contributed by atoms with Gasteiger partial charge in [0.2, 0.25) is 0 Å². The first-order valence-electron chi connectivity index (χ1n) is 5.99. The summed E-state index contributed by atoms with van der Waals surface area (Å²) in [6.45, 7) is 1.94. The number of carbonyl (C=O) groups is 1. The van der Waals surface area contributed by atoms with Crippen molar-refractivity contribution in [1.29, 1.82) is 0 Å². The number of carbonyl (C=O) groups excluding carboxylic acids is 1. The standard InChI is InChI=1S/C15H15NO3/c1-3-4-11-9-15(18)16(7-8-17)14-10-12(19-2)5-6-13(11)14/h3-6,8-10H,7H2,1-2H3/b4-3+. The number of hydrogen-bond acceptors (Lipinski definition) is 3. The zero-order valence-electron chi connectivity index (χ0n) is 10.9. The second-order valence-corrected chi connectivity index (χ2v) is 4.10. The fraction of sp³-hybridized carbons (Fsp3) is 0.200. The summed E-state index contributed by atoms with van der Waals surface area (Å²) in [6.07, 6.45) is 4.47. The molecule has 0 N–H and O–H groups in total. The van der Waals surface area contributed by atoms with Crippen LogP contribution in [0.25, 0.3) is 17.0 Å². The van der Waals surface area contributed by atoms with E-state index in [0.29, 0.717) is 11.3 Å². The van der Waals surface area contributed by atoms with Crippen molar-refractivity contribution in [2.75, 3.05) is 7.11 Å². The van der Waals surface area contributed by atoms with Crippen molar-refractivity contribution in [3.8, 4) is 5.75 Å². The summed E-state index contributed by atoms with van der Waals surface area (Å²) in [7, 11) is 1.57. The molecule has 2 rings (SSSR count). The number of aldehydes is 1. The quantitative estimate of drug-likeness (QED) is 0.789. The lowest BCUT2D eigenvalue weighted by Crippen LogP contribution is -2.21. The van der Waals surface area contributed by atoms with E-state index < -0.39 is 0 Å². The smallest absolute Gasteiger partial charge is 0.252 e. The van der Waals surface area contributed by atoms with Crippen molar-refractivity contribution in [3.05, 3.63) is 46.3 Å². The highest BCUT2D eigenvalue weighted by atomic mass is 16.5. The predicted molar refractivity (Wildman–Crippen MR) is 75.5 cm³/mol. The molecule has 19 heavy (non-hydrogen) atoms.